The maximum absolute atomic E-state index is 14.2. The summed E-state index contributed by atoms with van der Waals surface area (Å²) in [6.45, 7) is 2.74. The van der Waals surface area contributed by atoms with Gasteiger partial charge in [-0.3, -0.25) is 0 Å². The van der Waals surface area contributed by atoms with Crippen LogP contribution in [0.3, 0.4) is 0 Å². The van der Waals surface area contributed by atoms with Gasteiger partial charge in [-0.1, -0.05) is 6.07 Å². The molecule has 1 aromatic rings. The highest BCUT2D eigenvalue weighted by molar-refractivity contribution is 5.50. The molecule has 110 valence electrons. The number of anilines is 1. The number of rotatable bonds is 6. The second-order valence-corrected chi connectivity index (χ2v) is 6.05. The first kappa shape index (κ1) is 13.8. The van der Waals surface area contributed by atoms with E-state index in [2.05, 4.69) is 10.2 Å². The van der Waals surface area contributed by atoms with Gasteiger partial charge in [-0.2, -0.15) is 0 Å². The van der Waals surface area contributed by atoms with Gasteiger partial charge in [-0.15, -0.1) is 0 Å². The molecule has 0 spiro atoms. The molecule has 2 aliphatic rings. The van der Waals surface area contributed by atoms with E-state index in [1.54, 1.807) is 6.07 Å². The van der Waals surface area contributed by atoms with Crippen molar-refractivity contribution in [3.05, 3.63) is 29.6 Å². The van der Waals surface area contributed by atoms with Gasteiger partial charge in [0, 0.05) is 32.3 Å². The third-order valence-corrected chi connectivity index (χ3v) is 4.35. The predicted octanol–water partition coefficient (Wildman–Crippen LogP) is 2.29. The molecule has 3 nitrogen and oxygen atoms in total. The van der Waals surface area contributed by atoms with Gasteiger partial charge in [0.15, 0.2) is 0 Å². The van der Waals surface area contributed by atoms with Gasteiger partial charge in [0.05, 0.1) is 5.69 Å². The van der Waals surface area contributed by atoms with Crippen LogP contribution >= 0.6 is 0 Å². The van der Waals surface area contributed by atoms with Crippen LogP contribution < -0.4 is 10.2 Å². The molecule has 4 heteroatoms. The standard InChI is InChI=1S/C16H23FN2O/c17-15-9-13(10-18-14-2-3-14)1-4-16(15)19-7-5-12(11-19)6-8-20/h1,4,9,12,14,18,20H,2-3,5-8,10-11H2. The fourth-order valence-corrected chi connectivity index (χ4v) is 2.94. The summed E-state index contributed by atoms with van der Waals surface area (Å²) >= 11 is 0. The van der Waals surface area contributed by atoms with E-state index in [0.717, 1.165) is 38.0 Å². The number of nitrogens with zero attached hydrogens (tertiary/aromatic N) is 1. The lowest BCUT2D eigenvalue weighted by molar-refractivity contribution is 0.263. The molecule has 0 radical (unpaired) electrons. The molecule has 1 saturated heterocycles. The quantitative estimate of drug-likeness (QED) is 0.838. The molecule has 1 aliphatic carbocycles. The van der Waals surface area contributed by atoms with Crippen molar-refractivity contribution in [1.82, 2.24) is 5.32 Å². The average molecular weight is 278 g/mol. The summed E-state index contributed by atoms with van der Waals surface area (Å²) in [5.74, 6) is 0.375. The molecule has 3 rings (SSSR count). The summed E-state index contributed by atoms with van der Waals surface area (Å²) in [5.41, 5.74) is 1.73. The monoisotopic (exact) mass is 278 g/mol. The molecule has 0 amide bonds. The van der Waals surface area contributed by atoms with E-state index in [4.69, 9.17) is 5.11 Å². The van der Waals surface area contributed by atoms with Gasteiger partial charge in [-0.05, 0) is 49.3 Å². The minimum Gasteiger partial charge on any atom is -0.396 e. The van der Waals surface area contributed by atoms with Crippen LogP contribution in [0.2, 0.25) is 0 Å². The van der Waals surface area contributed by atoms with Gasteiger partial charge in [0.1, 0.15) is 5.82 Å². The predicted molar refractivity (Wildman–Crippen MR) is 78.3 cm³/mol. The summed E-state index contributed by atoms with van der Waals surface area (Å²) in [7, 11) is 0. The SMILES string of the molecule is OCCC1CCN(c2ccc(CNC3CC3)cc2F)C1. The van der Waals surface area contributed by atoms with Crippen molar-refractivity contribution in [1.29, 1.82) is 0 Å². The Balaban J connectivity index is 1.61. The Morgan fingerprint density at radius 2 is 2.15 bits per heavy atom. The minimum atomic E-state index is -0.121. The highest BCUT2D eigenvalue weighted by Crippen LogP contribution is 2.28. The molecule has 20 heavy (non-hydrogen) atoms. The van der Waals surface area contributed by atoms with Crippen LogP contribution in [-0.2, 0) is 6.54 Å². The van der Waals surface area contributed by atoms with Crippen LogP contribution in [0, 0.1) is 11.7 Å². The molecule has 1 atom stereocenters. The fraction of sp³-hybridized carbons (Fsp3) is 0.625. The normalized spacial score (nSPS) is 22.5. The Hall–Kier alpha value is -1.13. The van der Waals surface area contributed by atoms with Crippen LogP contribution in [-0.4, -0.2) is 30.8 Å². The zero-order valence-corrected chi connectivity index (χ0v) is 11.8. The second-order valence-electron chi connectivity index (χ2n) is 6.05. The first-order chi connectivity index (χ1) is 9.76. The molecule has 2 fully saturated rings. The zero-order chi connectivity index (χ0) is 13.9. The lowest BCUT2D eigenvalue weighted by Gasteiger charge is -2.20. The van der Waals surface area contributed by atoms with Crippen LogP contribution in [0.25, 0.3) is 0 Å². The van der Waals surface area contributed by atoms with Crippen molar-refractivity contribution in [3.8, 4) is 0 Å². The number of aliphatic hydroxyl groups excluding tert-OH is 1. The van der Waals surface area contributed by atoms with E-state index in [9.17, 15) is 4.39 Å². The Morgan fingerprint density at radius 3 is 2.85 bits per heavy atom. The topological polar surface area (TPSA) is 35.5 Å². The molecule has 2 N–H and O–H groups in total. The molecule has 1 unspecified atom stereocenters. The largest absolute Gasteiger partial charge is 0.396 e. The van der Waals surface area contributed by atoms with Gasteiger partial charge >= 0.3 is 0 Å². The van der Waals surface area contributed by atoms with E-state index >= 15 is 0 Å². The molecule has 1 aromatic carbocycles. The lowest BCUT2D eigenvalue weighted by atomic mass is 10.1. The minimum absolute atomic E-state index is 0.121. The van der Waals surface area contributed by atoms with Crippen LogP contribution in [0.5, 0.6) is 0 Å². The zero-order valence-electron chi connectivity index (χ0n) is 11.8. The molecule has 1 aliphatic heterocycles. The smallest absolute Gasteiger partial charge is 0.146 e. The van der Waals surface area contributed by atoms with Crippen LogP contribution in [0.15, 0.2) is 18.2 Å². The van der Waals surface area contributed by atoms with Crippen LogP contribution in [0.1, 0.15) is 31.2 Å². The van der Waals surface area contributed by atoms with Crippen molar-refractivity contribution in [2.75, 3.05) is 24.6 Å². The number of hydrogen-bond acceptors (Lipinski definition) is 3. The maximum Gasteiger partial charge on any atom is 0.146 e. The van der Waals surface area contributed by atoms with Gasteiger partial charge in [0.2, 0.25) is 0 Å². The molecule has 0 aromatic heterocycles. The number of nitrogens with one attached hydrogen (secondary N) is 1. The molecule has 1 heterocycles. The summed E-state index contributed by atoms with van der Waals surface area (Å²) < 4.78 is 14.2. The Bertz CT molecular complexity index is 462. The highest BCUT2D eigenvalue weighted by Gasteiger charge is 2.24. The van der Waals surface area contributed by atoms with Crippen molar-refractivity contribution in [3.63, 3.8) is 0 Å². The Morgan fingerprint density at radius 1 is 1.30 bits per heavy atom. The molecule has 0 bridgehead atoms. The van der Waals surface area contributed by atoms with E-state index in [1.807, 2.05) is 12.1 Å². The van der Waals surface area contributed by atoms with Crippen molar-refractivity contribution in [2.24, 2.45) is 5.92 Å². The van der Waals surface area contributed by atoms with Crippen molar-refractivity contribution >= 4 is 5.69 Å². The summed E-state index contributed by atoms with van der Waals surface area (Å²) in [5, 5.41) is 12.4. The van der Waals surface area contributed by atoms with Gasteiger partial charge in [-0.25, -0.2) is 4.39 Å². The summed E-state index contributed by atoms with van der Waals surface area (Å²) in [6.07, 6.45) is 4.37. The molecular weight excluding hydrogens is 255 g/mol. The van der Waals surface area contributed by atoms with E-state index in [-0.39, 0.29) is 12.4 Å². The van der Waals surface area contributed by atoms with Gasteiger partial charge in [0.25, 0.3) is 0 Å². The average Bonchev–Trinajstić information content (AvgIpc) is 3.16. The number of hydrogen-bond donors (Lipinski definition) is 2. The highest BCUT2D eigenvalue weighted by atomic mass is 19.1. The fourth-order valence-electron chi connectivity index (χ4n) is 2.94. The first-order valence-corrected chi connectivity index (χ1v) is 7.64. The van der Waals surface area contributed by atoms with E-state index in [1.165, 1.54) is 12.8 Å². The summed E-state index contributed by atoms with van der Waals surface area (Å²) in [4.78, 5) is 2.10. The second kappa shape index (κ2) is 6.10. The van der Waals surface area contributed by atoms with Gasteiger partial charge < -0.3 is 15.3 Å². The van der Waals surface area contributed by atoms with Crippen molar-refractivity contribution < 1.29 is 9.50 Å². The number of benzene rings is 1. The number of aliphatic hydroxyl groups is 1. The third kappa shape index (κ3) is 3.30. The Kier molecular flexibility index (Phi) is 4.22. The molecular formula is C16H23FN2O. The lowest BCUT2D eigenvalue weighted by Crippen LogP contribution is -2.21. The summed E-state index contributed by atoms with van der Waals surface area (Å²) in [6, 6.07) is 6.23. The first-order valence-electron chi connectivity index (χ1n) is 7.64. The Labute approximate surface area is 119 Å². The van der Waals surface area contributed by atoms with Crippen LogP contribution in [0.4, 0.5) is 10.1 Å². The van der Waals surface area contributed by atoms with E-state index < -0.39 is 0 Å². The van der Waals surface area contributed by atoms with Crippen molar-refractivity contribution in [2.45, 2.75) is 38.3 Å². The maximum atomic E-state index is 14.2. The number of halogens is 1. The van der Waals surface area contributed by atoms with E-state index in [0.29, 0.717) is 17.6 Å². The third-order valence-electron chi connectivity index (χ3n) is 4.35. The molecule has 1 saturated carbocycles.